The molecule has 13 heavy (non-hydrogen) atoms. The van der Waals surface area contributed by atoms with Crippen LogP contribution in [-0.2, 0) is 4.74 Å². The lowest BCUT2D eigenvalue weighted by Gasteiger charge is -2.32. The van der Waals surface area contributed by atoms with Gasteiger partial charge in [-0.05, 0) is 7.05 Å². The Balaban J connectivity index is 2.21. The molecule has 0 amide bonds. The van der Waals surface area contributed by atoms with Crippen molar-refractivity contribution < 1.29 is 4.74 Å². The molecule has 0 aromatic rings. The number of nitriles is 1. The van der Waals surface area contributed by atoms with E-state index in [1.165, 1.54) is 0 Å². The molecule has 1 aliphatic rings. The van der Waals surface area contributed by atoms with E-state index in [1.807, 2.05) is 7.05 Å². The molecule has 1 fully saturated rings. The van der Waals surface area contributed by atoms with E-state index >= 15 is 0 Å². The van der Waals surface area contributed by atoms with E-state index in [0.717, 1.165) is 32.8 Å². The van der Waals surface area contributed by atoms with Crippen molar-refractivity contribution in [3.8, 4) is 6.07 Å². The standard InChI is InChI=1S/C9H17N3O/c1-11-7-9-8-12(4-2-3-10)5-6-13-9/h9,11H,2,4-8H2,1H3. The third-order valence-electron chi connectivity index (χ3n) is 2.19. The topological polar surface area (TPSA) is 48.3 Å². The Morgan fingerprint density at radius 1 is 1.69 bits per heavy atom. The third kappa shape index (κ3) is 3.73. The molecule has 1 aliphatic heterocycles. The van der Waals surface area contributed by atoms with Gasteiger partial charge < -0.3 is 10.1 Å². The first-order valence-corrected chi connectivity index (χ1v) is 4.72. The molecular formula is C9H17N3O. The summed E-state index contributed by atoms with van der Waals surface area (Å²) in [5.41, 5.74) is 0. The van der Waals surface area contributed by atoms with Crippen molar-refractivity contribution in [3.05, 3.63) is 0 Å². The van der Waals surface area contributed by atoms with Crippen LogP contribution >= 0.6 is 0 Å². The number of hydrogen-bond acceptors (Lipinski definition) is 4. The molecule has 0 aromatic carbocycles. The summed E-state index contributed by atoms with van der Waals surface area (Å²) in [4.78, 5) is 2.29. The van der Waals surface area contributed by atoms with Gasteiger partial charge in [0.05, 0.1) is 18.8 Å². The maximum absolute atomic E-state index is 8.45. The Morgan fingerprint density at radius 3 is 3.23 bits per heavy atom. The zero-order chi connectivity index (χ0) is 9.52. The highest BCUT2D eigenvalue weighted by molar-refractivity contribution is 4.77. The molecule has 1 heterocycles. The molecule has 0 bridgehead atoms. The van der Waals surface area contributed by atoms with Crippen molar-refractivity contribution in [3.63, 3.8) is 0 Å². The Bertz CT molecular complexity index is 176. The Morgan fingerprint density at radius 2 is 2.54 bits per heavy atom. The SMILES string of the molecule is CNCC1CN(CCC#N)CCO1. The predicted octanol–water partition coefficient (Wildman–Crippen LogP) is -0.180. The number of ether oxygens (including phenoxy) is 1. The summed E-state index contributed by atoms with van der Waals surface area (Å²) in [5.74, 6) is 0. The maximum atomic E-state index is 8.45. The van der Waals surface area contributed by atoms with E-state index in [4.69, 9.17) is 10.00 Å². The van der Waals surface area contributed by atoms with E-state index in [2.05, 4.69) is 16.3 Å². The fourth-order valence-electron chi connectivity index (χ4n) is 1.54. The summed E-state index contributed by atoms with van der Waals surface area (Å²) < 4.78 is 5.54. The van der Waals surface area contributed by atoms with Gasteiger partial charge in [-0.15, -0.1) is 0 Å². The molecule has 0 radical (unpaired) electrons. The van der Waals surface area contributed by atoms with Crippen LogP contribution in [0.3, 0.4) is 0 Å². The van der Waals surface area contributed by atoms with Crippen LogP contribution in [-0.4, -0.2) is 50.8 Å². The normalized spacial score (nSPS) is 24.2. The number of rotatable bonds is 4. The molecule has 1 unspecified atom stereocenters. The molecule has 1 rings (SSSR count). The highest BCUT2D eigenvalue weighted by Crippen LogP contribution is 2.04. The first-order valence-electron chi connectivity index (χ1n) is 4.72. The van der Waals surface area contributed by atoms with Gasteiger partial charge in [0.1, 0.15) is 0 Å². The second-order valence-electron chi connectivity index (χ2n) is 3.26. The second-order valence-corrected chi connectivity index (χ2v) is 3.26. The van der Waals surface area contributed by atoms with Gasteiger partial charge in [-0.1, -0.05) is 0 Å². The van der Waals surface area contributed by atoms with Gasteiger partial charge in [0.25, 0.3) is 0 Å². The van der Waals surface area contributed by atoms with Crippen molar-refractivity contribution in [2.45, 2.75) is 12.5 Å². The number of hydrogen-bond donors (Lipinski definition) is 1. The van der Waals surface area contributed by atoms with Crippen LogP contribution < -0.4 is 5.32 Å². The van der Waals surface area contributed by atoms with Crippen molar-refractivity contribution in [2.75, 3.05) is 39.8 Å². The molecule has 1 saturated heterocycles. The molecular weight excluding hydrogens is 166 g/mol. The smallest absolute Gasteiger partial charge is 0.0826 e. The number of likely N-dealkylation sites (N-methyl/N-ethyl adjacent to an activating group) is 1. The Labute approximate surface area is 79.5 Å². The average Bonchev–Trinajstić information content (AvgIpc) is 2.16. The zero-order valence-corrected chi connectivity index (χ0v) is 8.12. The van der Waals surface area contributed by atoms with E-state index in [9.17, 15) is 0 Å². The van der Waals surface area contributed by atoms with Crippen molar-refractivity contribution in [1.29, 1.82) is 5.26 Å². The molecule has 1 atom stereocenters. The van der Waals surface area contributed by atoms with Crippen molar-refractivity contribution in [2.24, 2.45) is 0 Å². The molecule has 1 N–H and O–H groups in total. The van der Waals surface area contributed by atoms with Crippen LogP contribution in [0.15, 0.2) is 0 Å². The molecule has 0 saturated carbocycles. The van der Waals surface area contributed by atoms with Gasteiger partial charge in [0.15, 0.2) is 0 Å². The largest absolute Gasteiger partial charge is 0.374 e. The van der Waals surface area contributed by atoms with Crippen molar-refractivity contribution >= 4 is 0 Å². The first kappa shape index (κ1) is 10.5. The zero-order valence-electron chi connectivity index (χ0n) is 8.12. The second kappa shape index (κ2) is 5.92. The Hall–Kier alpha value is -0.630. The molecule has 74 valence electrons. The van der Waals surface area contributed by atoms with Crippen LogP contribution in [0.2, 0.25) is 0 Å². The lowest BCUT2D eigenvalue weighted by atomic mass is 10.2. The fourth-order valence-corrected chi connectivity index (χ4v) is 1.54. The minimum absolute atomic E-state index is 0.289. The molecule has 4 nitrogen and oxygen atoms in total. The highest BCUT2D eigenvalue weighted by atomic mass is 16.5. The number of nitrogens with one attached hydrogen (secondary N) is 1. The molecule has 0 spiro atoms. The van der Waals surface area contributed by atoms with Gasteiger partial charge in [-0.25, -0.2) is 0 Å². The van der Waals surface area contributed by atoms with E-state index < -0.39 is 0 Å². The lowest BCUT2D eigenvalue weighted by molar-refractivity contribution is -0.0254. The maximum Gasteiger partial charge on any atom is 0.0826 e. The van der Waals surface area contributed by atoms with Crippen LogP contribution in [0.1, 0.15) is 6.42 Å². The first-order chi connectivity index (χ1) is 6.36. The third-order valence-corrected chi connectivity index (χ3v) is 2.19. The number of nitrogens with zero attached hydrogens (tertiary/aromatic N) is 2. The lowest BCUT2D eigenvalue weighted by Crippen LogP contribution is -2.46. The van der Waals surface area contributed by atoms with Gasteiger partial charge >= 0.3 is 0 Å². The fraction of sp³-hybridized carbons (Fsp3) is 0.889. The summed E-state index contributed by atoms with van der Waals surface area (Å²) >= 11 is 0. The molecule has 0 aromatic heterocycles. The van der Waals surface area contributed by atoms with E-state index in [-0.39, 0.29) is 6.10 Å². The summed E-state index contributed by atoms with van der Waals surface area (Å²) in [6.07, 6.45) is 0.907. The minimum Gasteiger partial charge on any atom is -0.374 e. The van der Waals surface area contributed by atoms with Crippen molar-refractivity contribution in [1.82, 2.24) is 10.2 Å². The van der Waals surface area contributed by atoms with Crippen LogP contribution in [0.25, 0.3) is 0 Å². The molecule has 0 aliphatic carbocycles. The van der Waals surface area contributed by atoms with Crippen LogP contribution in [0.4, 0.5) is 0 Å². The van der Waals surface area contributed by atoms with E-state index in [0.29, 0.717) is 6.42 Å². The van der Waals surface area contributed by atoms with Gasteiger partial charge in [-0.2, -0.15) is 5.26 Å². The predicted molar refractivity (Wildman–Crippen MR) is 50.3 cm³/mol. The van der Waals surface area contributed by atoms with Gasteiger partial charge in [0.2, 0.25) is 0 Å². The summed E-state index contributed by atoms with van der Waals surface area (Å²) in [7, 11) is 1.93. The summed E-state index contributed by atoms with van der Waals surface area (Å²) in [6, 6.07) is 2.16. The minimum atomic E-state index is 0.289. The summed E-state index contributed by atoms with van der Waals surface area (Å²) in [5, 5.41) is 11.5. The van der Waals surface area contributed by atoms with E-state index in [1.54, 1.807) is 0 Å². The summed E-state index contributed by atoms with van der Waals surface area (Å²) in [6.45, 7) is 4.46. The van der Waals surface area contributed by atoms with Gasteiger partial charge in [-0.3, -0.25) is 4.90 Å². The average molecular weight is 183 g/mol. The molecule has 4 heteroatoms. The monoisotopic (exact) mass is 183 g/mol. The number of morpholine rings is 1. The van der Waals surface area contributed by atoms with Crippen LogP contribution in [0, 0.1) is 11.3 Å². The quantitative estimate of drug-likeness (QED) is 0.657. The van der Waals surface area contributed by atoms with Gasteiger partial charge in [0, 0.05) is 32.6 Å². The van der Waals surface area contributed by atoms with Crippen LogP contribution in [0.5, 0.6) is 0 Å². The highest BCUT2D eigenvalue weighted by Gasteiger charge is 2.18. The Kier molecular flexibility index (Phi) is 4.76.